The van der Waals surface area contributed by atoms with E-state index in [1.165, 1.54) is 0 Å². The fraction of sp³-hybridized carbons (Fsp3) is 0.500. The van der Waals surface area contributed by atoms with Crippen molar-refractivity contribution in [2.24, 2.45) is 0 Å². The molecule has 0 radical (unpaired) electrons. The molecule has 1 aromatic rings. The van der Waals surface area contributed by atoms with Gasteiger partial charge in [0, 0.05) is 30.4 Å². The van der Waals surface area contributed by atoms with Crippen LogP contribution in [-0.4, -0.2) is 55.6 Å². The van der Waals surface area contributed by atoms with E-state index in [2.05, 4.69) is 10.6 Å². The van der Waals surface area contributed by atoms with Crippen LogP contribution in [0.5, 0.6) is 0 Å². The summed E-state index contributed by atoms with van der Waals surface area (Å²) in [6.45, 7) is 6.66. The van der Waals surface area contributed by atoms with Gasteiger partial charge in [-0.25, -0.2) is 0 Å². The highest BCUT2D eigenvalue weighted by Crippen LogP contribution is 2.12. The summed E-state index contributed by atoms with van der Waals surface area (Å²) in [5.74, 6) is -0.0939. The third-order valence-electron chi connectivity index (χ3n) is 3.38. The molecule has 6 heteroatoms. The molecule has 0 atom stereocenters. The van der Waals surface area contributed by atoms with Gasteiger partial charge in [0.1, 0.15) is 0 Å². The first-order valence-corrected chi connectivity index (χ1v) is 7.56. The molecule has 1 aromatic carbocycles. The predicted octanol–water partition coefficient (Wildman–Crippen LogP) is 1.10. The van der Waals surface area contributed by atoms with Crippen molar-refractivity contribution in [3.63, 3.8) is 0 Å². The average molecular weight is 305 g/mol. The number of nitrogens with one attached hydrogen (secondary N) is 2. The summed E-state index contributed by atoms with van der Waals surface area (Å²) in [4.78, 5) is 25.8. The lowest BCUT2D eigenvalue weighted by Crippen LogP contribution is -2.40. The Labute approximate surface area is 130 Å². The zero-order valence-electron chi connectivity index (χ0n) is 13.1. The summed E-state index contributed by atoms with van der Waals surface area (Å²) in [6.07, 6.45) is 0. The first kappa shape index (κ1) is 16.5. The molecular formula is C16H23N3O3. The van der Waals surface area contributed by atoms with E-state index in [9.17, 15) is 9.59 Å². The minimum absolute atomic E-state index is 0.00245. The van der Waals surface area contributed by atoms with Gasteiger partial charge in [-0.15, -0.1) is 0 Å². The molecule has 0 spiro atoms. The van der Waals surface area contributed by atoms with E-state index in [0.717, 1.165) is 0 Å². The molecule has 1 heterocycles. The second-order valence-electron chi connectivity index (χ2n) is 5.57. The predicted molar refractivity (Wildman–Crippen MR) is 84.9 cm³/mol. The summed E-state index contributed by atoms with van der Waals surface area (Å²) < 4.78 is 5.24. The highest BCUT2D eigenvalue weighted by molar-refractivity contribution is 5.96. The van der Waals surface area contributed by atoms with Crippen molar-refractivity contribution in [3.8, 4) is 0 Å². The minimum Gasteiger partial charge on any atom is -0.378 e. The number of amides is 2. The molecule has 0 saturated carbocycles. The lowest BCUT2D eigenvalue weighted by atomic mass is 10.1. The average Bonchev–Trinajstić information content (AvgIpc) is 2.54. The van der Waals surface area contributed by atoms with Gasteiger partial charge in [-0.1, -0.05) is 13.8 Å². The lowest BCUT2D eigenvalue weighted by molar-refractivity contribution is -0.115. The van der Waals surface area contributed by atoms with Crippen molar-refractivity contribution >= 4 is 17.5 Å². The molecule has 22 heavy (non-hydrogen) atoms. The Morgan fingerprint density at radius 3 is 2.41 bits per heavy atom. The Hall–Kier alpha value is -1.92. The van der Waals surface area contributed by atoms with Gasteiger partial charge < -0.3 is 20.3 Å². The van der Waals surface area contributed by atoms with E-state index in [-0.39, 0.29) is 24.4 Å². The SMILES string of the molecule is CC(C)NCC(=O)Nc1ccc(C(=O)N2CCOCC2)cc1. The van der Waals surface area contributed by atoms with Gasteiger partial charge in [0.2, 0.25) is 5.91 Å². The molecular weight excluding hydrogens is 282 g/mol. The first-order valence-electron chi connectivity index (χ1n) is 7.56. The molecule has 0 unspecified atom stereocenters. The van der Waals surface area contributed by atoms with Gasteiger partial charge in [0.05, 0.1) is 19.8 Å². The van der Waals surface area contributed by atoms with Crippen LogP contribution >= 0.6 is 0 Å². The molecule has 2 amide bonds. The maximum absolute atomic E-state index is 12.3. The number of carbonyl (C=O) groups excluding carboxylic acids is 2. The zero-order chi connectivity index (χ0) is 15.9. The van der Waals surface area contributed by atoms with Crippen molar-refractivity contribution < 1.29 is 14.3 Å². The summed E-state index contributed by atoms with van der Waals surface area (Å²) in [6, 6.07) is 7.24. The van der Waals surface area contributed by atoms with Crippen LogP contribution in [0.15, 0.2) is 24.3 Å². The molecule has 0 bridgehead atoms. The number of benzene rings is 1. The van der Waals surface area contributed by atoms with Crippen LogP contribution in [0, 0.1) is 0 Å². The molecule has 2 rings (SSSR count). The number of ether oxygens (including phenoxy) is 1. The van der Waals surface area contributed by atoms with E-state index >= 15 is 0 Å². The lowest BCUT2D eigenvalue weighted by Gasteiger charge is -2.26. The molecule has 6 nitrogen and oxygen atoms in total. The van der Waals surface area contributed by atoms with Crippen LogP contribution in [0.3, 0.4) is 0 Å². The van der Waals surface area contributed by atoms with E-state index in [0.29, 0.717) is 37.6 Å². The summed E-state index contributed by atoms with van der Waals surface area (Å²) in [7, 11) is 0. The molecule has 1 fully saturated rings. The largest absolute Gasteiger partial charge is 0.378 e. The van der Waals surface area contributed by atoms with E-state index in [1.54, 1.807) is 29.2 Å². The number of hydrogen-bond acceptors (Lipinski definition) is 4. The van der Waals surface area contributed by atoms with Crippen LogP contribution in [0.4, 0.5) is 5.69 Å². The van der Waals surface area contributed by atoms with Crippen LogP contribution < -0.4 is 10.6 Å². The molecule has 1 saturated heterocycles. The molecule has 0 aliphatic carbocycles. The van der Waals surface area contributed by atoms with Gasteiger partial charge in [-0.05, 0) is 24.3 Å². The number of nitrogens with zero attached hydrogens (tertiary/aromatic N) is 1. The van der Waals surface area contributed by atoms with Crippen molar-refractivity contribution in [1.82, 2.24) is 10.2 Å². The normalized spacial score (nSPS) is 15.0. The number of rotatable bonds is 5. The van der Waals surface area contributed by atoms with Crippen LogP contribution in [0.25, 0.3) is 0 Å². The zero-order valence-corrected chi connectivity index (χ0v) is 13.1. The fourth-order valence-electron chi connectivity index (χ4n) is 2.15. The smallest absolute Gasteiger partial charge is 0.254 e. The van der Waals surface area contributed by atoms with Crippen molar-refractivity contribution in [1.29, 1.82) is 0 Å². The number of anilines is 1. The molecule has 1 aliphatic heterocycles. The second-order valence-corrected chi connectivity index (χ2v) is 5.57. The third-order valence-corrected chi connectivity index (χ3v) is 3.38. The Morgan fingerprint density at radius 2 is 1.82 bits per heavy atom. The Kier molecular flexibility index (Phi) is 5.91. The van der Waals surface area contributed by atoms with Gasteiger partial charge >= 0.3 is 0 Å². The highest BCUT2D eigenvalue weighted by atomic mass is 16.5. The number of morpholine rings is 1. The second kappa shape index (κ2) is 7.91. The number of carbonyl (C=O) groups is 2. The summed E-state index contributed by atoms with van der Waals surface area (Å²) >= 11 is 0. The topological polar surface area (TPSA) is 70.7 Å². The Bertz CT molecular complexity index is 508. The van der Waals surface area contributed by atoms with Gasteiger partial charge in [-0.2, -0.15) is 0 Å². The minimum atomic E-state index is -0.0963. The highest BCUT2D eigenvalue weighted by Gasteiger charge is 2.18. The number of hydrogen-bond donors (Lipinski definition) is 2. The van der Waals surface area contributed by atoms with Crippen molar-refractivity contribution in [2.75, 3.05) is 38.2 Å². The maximum atomic E-state index is 12.3. The fourth-order valence-corrected chi connectivity index (χ4v) is 2.15. The quantitative estimate of drug-likeness (QED) is 0.854. The van der Waals surface area contributed by atoms with Crippen molar-refractivity contribution in [2.45, 2.75) is 19.9 Å². The van der Waals surface area contributed by atoms with Crippen LogP contribution in [0.1, 0.15) is 24.2 Å². The standard InChI is InChI=1S/C16H23N3O3/c1-12(2)17-11-15(20)18-14-5-3-13(4-6-14)16(21)19-7-9-22-10-8-19/h3-6,12,17H,7-11H2,1-2H3,(H,18,20). The first-order chi connectivity index (χ1) is 10.6. The van der Waals surface area contributed by atoms with Gasteiger partial charge in [0.25, 0.3) is 5.91 Å². The van der Waals surface area contributed by atoms with Crippen molar-refractivity contribution in [3.05, 3.63) is 29.8 Å². The van der Waals surface area contributed by atoms with Gasteiger partial charge in [-0.3, -0.25) is 9.59 Å². The Balaban J connectivity index is 1.89. The van der Waals surface area contributed by atoms with E-state index in [1.807, 2.05) is 13.8 Å². The Morgan fingerprint density at radius 1 is 1.18 bits per heavy atom. The molecule has 120 valence electrons. The monoisotopic (exact) mass is 305 g/mol. The van der Waals surface area contributed by atoms with E-state index < -0.39 is 0 Å². The molecule has 0 aromatic heterocycles. The van der Waals surface area contributed by atoms with Crippen LogP contribution in [-0.2, 0) is 9.53 Å². The maximum Gasteiger partial charge on any atom is 0.254 e. The summed E-state index contributed by atoms with van der Waals surface area (Å²) in [5.41, 5.74) is 1.31. The third kappa shape index (κ3) is 4.82. The molecule has 1 aliphatic rings. The van der Waals surface area contributed by atoms with Crippen LogP contribution in [0.2, 0.25) is 0 Å². The molecule has 2 N–H and O–H groups in total. The van der Waals surface area contributed by atoms with Gasteiger partial charge in [0.15, 0.2) is 0 Å². The summed E-state index contributed by atoms with van der Waals surface area (Å²) in [5, 5.41) is 5.85. The van der Waals surface area contributed by atoms with E-state index in [4.69, 9.17) is 4.74 Å².